The molecule has 0 bridgehead atoms. The van der Waals surface area contributed by atoms with Crippen LogP contribution in [0.1, 0.15) is 6.92 Å². The van der Waals surface area contributed by atoms with Crippen molar-refractivity contribution >= 4 is 11.8 Å². The maximum atomic E-state index is 11.7. The summed E-state index contributed by atoms with van der Waals surface area (Å²) < 4.78 is 35.0. The van der Waals surface area contributed by atoms with Crippen LogP contribution in [0.4, 0.5) is 13.2 Å². The van der Waals surface area contributed by atoms with E-state index in [1.165, 1.54) is 0 Å². The molecule has 0 saturated carbocycles. The van der Waals surface area contributed by atoms with E-state index in [1.54, 1.807) is 6.92 Å². The van der Waals surface area contributed by atoms with Gasteiger partial charge in [-0.2, -0.15) is 13.2 Å². The number of carbonyl (C=O) groups excluding carboxylic acids is 2. The summed E-state index contributed by atoms with van der Waals surface area (Å²) in [7, 11) is 0. The second kappa shape index (κ2) is 7.04. The topological polar surface area (TPSA) is 70.2 Å². The molecule has 16 heavy (non-hydrogen) atoms. The molecule has 0 fully saturated rings. The molecule has 0 aliphatic carbocycles. The van der Waals surface area contributed by atoms with Gasteiger partial charge in [0.1, 0.15) is 0 Å². The van der Waals surface area contributed by atoms with Gasteiger partial charge in [0.2, 0.25) is 11.8 Å². The standard InChI is InChI=1S/C8H14F3N3O2/c1-2-13-7(16)4-14-6(15)3-12-5-8(9,10)11/h12H,2-5H2,1H3,(H,13,16)(H,14,15). The lowest BCUT2D eigenvalue weighted by molar-refractivity contribution is -0.130. The minimum absolute atomic E-state index is 0.236. The van der Waals surface area contributed by atoms with Gasteiger partial charge >= 0.3 is 6.18 Å². The second-order valence-electron chi connectivity index (χ2n) is 2.95. The molecule has 0 heterocycles. The first-order chi connectivity index (χ1) is 7.35. The fourth-order valence-corrected chi connectivity index (χ4v) is 0.819. The van der Waals surface area contributed by atoms with Gasteiger partial charge in [-0.3, -0.25) is 9.59 Å². The molecule has 0 aromatic carbocycles. The van der Waals surface area contributed by atoms with Crippen molar-refractivity contribution in [2.24, 2.45) is 0 Å². The van der Waals surface area contributed by atoms with E-state index >= 15 is 0 Å². The first kappa shape index (κ1) is 14.7. The van der Waals surface area contributed by atoms with E-state index in [1.807, 2.05) is 5.32 Å². The van der Waals surface area contributed by atoms with Crippen LogP contribution in [0.25, 0.3) is 0 Å². The van der Waals surface area contributed by atoms with E-state index in [-0.39, 0.29) is 12.5 Å². The normalized spacial score (nSPS) is 11.0. The Hall–Kier alpha value is -1.31. The zero-order chi connectivity index (χ0) is 12.6. The van der Waals surface area contributed by atoms with Crippen molar-refractivity contribution in [1.29, 1.82) is 0 Å². The Labute approximate surface area is 90.8 Å². The molecular formula is C8H14F3N3O2. The molecule has 2 amide bonds. The van der Waals surface area contributed by atoms with Gasteiger partial charge in [0, 0.05) is 6.54 Å². The Bertz CT molecular complexity index is 243. The SMILES string of the molecule is CCNC(=O)CNC(=O)CNCC(F)(F)F. The summed E-state index contributed by atoms with van der Waals surface area (Å²) in [6.45, 7) is 0.201. The zero-order valence-corrected chi connectivity index (χ0v) is 8.78. The summed E-state index contributed by atoms with van der Waals surface area (Å²) in [6.07, 6.45) is -4.35. The minimum Gasteiger partial charge on any atom is -0.355 e. The van der Waals surface area contributed by atoms with E-state index < -0.39 is 25.2 Å². The van der Waals surface area contributed by atoms with Crippen molar-refractivity contribution in [2.75, 3.05) is 26.2 Å². The molecule has 94 valence electrons. The molecule has 0 spiro atoms. The minimum atomic E-state index is -4.35. The number of halogens is 3. The number of likely N-dealkylation sites (N-methyl/N-ethyl adjacent to an activating group) is 1. The van der Waals surface area contributed by atoms with E-state index in [4.69, 9.17) is 0 Å². The lowest BCUT2D eigenvalue weighted by Gasteiger charge is -2.08. The van der Waals surface area contributed by atoms with Gasteiger partial charge in [-0.25, -0.2) is 0 Å². The predicted molar refractivity (Wildman–Crippen MR) is 50.6 cm³/mol. The Morgan fingerprint density at radius 1 is 1.06 bits per heavy atom. The first-order valence-electron chi connectivity index (χ1n) is 4.66. The van der Waals surface area contributed by atoms with Crippen molar-refractivity contribution in [1.82, 2.24) is 16.0 Å². The first-order valence-corrected chi connectivity index (χ1v) is 4.66. The highest BCUT2D eigenvalue weighted by Crippen LogP contribution is 2.11. The van der Waals surface area contributed by atoms with Crippen molar-refractivity contribution in [3.05, 3.63) is 0 Å². The fourth-order valence-electron chi connectivity index (χ4n) is 0.819. The predicted octanol–water partition coefficient (Wildman–Crippen LogP) is -0.609. The number of alkyl halides is 3. The van der Waals surface area contributed by atoms with Gasteiger partial charge < -0.3 is 16.0 Å². The number of amides is 2. The van der Waals surface area contributed by atoms with Gasteiger partial charge in [0.25, 0.3) is 0 Å². The van der Waals surface area contributed by atoms with Crippen LogP contribution in [-0.2, 0) is 9.59 Å². The summed E-state index contributed by atoms with van der Waals surface area (Å²) in [5.41, 5.74) is 0. The van der Waals surface area contributed by atoms with Gasteiger partial charge in [-0.1, -0.05) is 0 Å². The zero-order valence-electron chi connectivity index (χ0n) is 8.78. The molecule has 0 aliphatic heterocycles. The third kappa shape index (κ3) is 9.25. The maximum absolute atomic E-state index is 11.7. The number of hydrogen-bond acceptors (Lipinski definition) is 3. The van der Waals surface area contributed by atoms with Crippen LogP contribution in [0, 0.1) is 0 Å². The Morgan fingerprint density at radius 3 is 2.12 bits per heavy atom. The van der Waals surface area contributed by atoms with Crippen molar-refractivity contribution in [3.63, 3.8) is 0 Å². The van der Waals surface area contributed by atoms with Crippen LogP contribution in [0.5, 0.6) is 0 Å². The molecule has 5 nitrogen and oxygen atoms in total. The third-order valence-corrected chi connectivity index (χ3v) is 1.43. The van der Waals surface area contributed by atoms with Crippen LogP contribution < -0.4 is 16.0 Å². The monoisotopic (exact) mass is 241 g/mol. The smallest absolute Gasteiger partial charge is 0.355 e. The van der Waals surface area contributed by atoms with Crippen LogP contribution in [0.2, 0.25) is 0 Å². The molecule has 0 rings (SSSR count). The largest absolute Gasteiger partial charge is 0.401 e. The quantitative estimate of drug-likeness (QED) is 0.581. The molecule has 0 saturated heterocycles. The van der Waals surface area contributed by atoms with Gasteiger partial charge in [0.15, 0.2) is 0 Å². The second-order valence-corrected chi connectivity index (χ2v) is 2.95. The molecule has 0 aromatic heterocycles. The Balaban J connectivity index is 3.56. The van der Waals surface area contributed by atoms with E-state index in [0.29, 0.717) is 6.54 Å². The highest BCUT2D eigenvalue weighted by Gasteiger charge is 2.26. The average molecular weight is 241 g/mol. The maximum Gasteiger partial charge on any atom is 0.401 e. The Morgan fingerprint density at radius 2 is 1.62 bits per heavy atom. The number of carbonyl (C=O) groups is 2. The highest BCUT2D eigenvalue weighted by molar-refractivity contribution is 5.85. The third-order valence-electron chi connectivity index (χ3n) is 1.43. The van der Waals surface area contributed by atoms with Crippen LogP contribution in [0.3, 0.4) is 0 Å². The van der Waals surface area contributed by atoms with Crippen molar-refractivity contribution in [2.45, 2.75) is 13.1 Å². The van der Waals surface area contributed by atoms with Crippen molar-refractivity contribution in [3.8, 4) is 0 Å². The van der Waals surface area contributed by atoms with Gasteiger partial charge in [-0.05, 0) is 6.92 Å². The highest BCUT2D eigenvalue weighted by atomic mass is 19.4. The Kier molecular flexibility index (Phi) is 6.47. The average Bonchev–Trinajstić information content (AvgIpc) is 2.13. The molecular weight excluding hydrogens is 227 g/mol. The van der Waals surface area contributed by atoms with E-state index in [2.05, 4.69) is 10.6 Å². The summed E-state index contributed by atoms with van der Waals surface area (Å²) in [5.74, 6) is -1.04. The van der Waals surface area contributed by atoms with Crippen LogP contribution >= 0.6 is 0 Å². The van der Waals surface area contributed by atoms with Crippen LogP contribution in [0.15, 0.2) is 0 Å². The lowest BCUT2D eigenvalue weighted by atomic mass is 10.5. The fraction of sp³-hybridized carbons (Fsp3) is 0.750. The number of hydrogen-bond donors (Lipinski definition) is 3. The summed E-state index contributed by atoms with van der Waals surface area (Å²) in [6, 6.07) is 0. The lowest BCUT2D eigenvalue weighted by Crippen LogP contribution is -2.42. The van der Waals surface area contributed by atoms with Gasteiger partial charge in [0.05, 0.1) is 19.6 Å². The number of nitrogens with one attached hydrogen (secondary N) is 3. The summed E-state index contributed by atoms with van der Waals surface area (Å²) in [4.78, 5) is 21.8. The molecule has 0 unspecified atom stereocenters. The molecule has 0 radical (unpaired) electrons. The molecule has 8 heteroatoms. The summed E-state index contributed by atoms with van der Waals surface area (Å²) in [5, 5.41) is 6.51. The summed E-state index contributed by atoms with van der Waals surface area (Å²) >= 11 is 0. The van der Waals surface area contributed by atoms with Crippen LogP contribution in [-0.4, -0.2) is 44.2 Å². The van der Waals surface area contributed by atoms with Crippen molar-refractivity contribution < 1.29 is 22.8 Å². The number of rotatable bonds is 6. The molecule has 0 atom stereocenters. The van der Waals surface area contributed by atoms with Gasteiger partial charge in [-0.15, -0.1) is 0 Å². The van der Waals surface area contributed by atoms with E-state index in [9.17, 15) is 22.8 Å². The molecule has 0 aromatic rings. The van der Waals surface area contributed by atoms with E-state index in [0.717, 1.165) is 0 Å². The molecule has 0 aliphatic rings. The molecule has 3 N–H and O–H groups in total.